The zero-order valence-electron chi connectivity index (χ0n) is 13.3. The predicted molar refractivity (Wildman–Crippen MR) is 87.4 cm³/mol. The average Bonchev–Trinajstić information content (AvgIpc) is 3.05. The highest BCUT2D eigenvalue weighted by atomic mass is 16.2. The molecule has 1 amide bonds. The fraction of sp³-hybridized carbons (Fsp3) is 0.526. The van der Waals surface area contributed by atoms with E-state index in [1.165, 1.54) is 31.2 Å². The molecule has 0 saturated heterocycles. The molecule has 2 nitrogen and oxygen atoms in total. The Kier molecular flexibility index (Phi) is 3.88. The minimum absolute atomic E-state index is 0.194. The molecular formula is C19H25NO. The molecule has 0 radical (unpaired) electrons. The molecule has 2 heteroatoms. The van der Waals surface area contributed by atoms with Crippen molar-refractivity contribution >= 4 is 11.6 Å². The average molecular weight is 283 g/mol. The quantitative estimate of drug-likeness (QED) is 0.793. The third-order valence-corrected chi connectivity index (χ3v) is 4.97. The second kappa shape index (κ2) is 5.67. The van der Waals surface area contributed by atoms with E-state index in [4.69, 9.17) is 0 Å². The lowest BCUT2D eigenvalue weighted by molar-refractivity contribution is -0.117. The van der Waals surface area contributed by atoms with Gasteiger partial charge in [-0.25, -0.2) is 0 Å². The van der Waals surface area contributed by atoms with Crippen LogP contribution in [0.4, 0.5) is 5.69 Å². The minimum Gasteiger partial charge on any atom is -0.325 e. The molecule has 21 heavy (non-hydrogen) atoms. The van der Waals surface area contributed by atoms with Gasteiger partial charge in [0.1, 0.15) is 0 Å². The molecule has 0 aromatic heterocycles. The number of benzene rings is 1. The summed E-state index contributed by atoms with van der Waals surface area (Å²) in [6, 6.07) is 4.27. The SMILES string of the molecule is Cc1cc(C)c(NC(=O)[C@H]2[C@@H]3C=CCCCC[C@@H]32)c(C)c1. The van der Waals surface area contributed by atoms with Crippen molar-refractivity contribution < 1.29 is 4.79 Å². The molecule has 1 aromatic rings. The molecule has 0 spiro atoms. The molecule has 0 heterocycles. The first-order valence-corrected chi connectivity index (χ1v) is 8.13. The number of aryl methyl sites for hydroxylation is 3. The third-order valence-electron chi connectivity index (χ3n) is 4.97. The predicted octanol–water partition coefficient (Wildman–Crippen LogP) is 4.54. The molecular weight excluding hydrogens is 258 g/mol. The summed E-state index contributed by atoms with van der Waals surface area (Å²) in [4.78, 5) is 12.6. The summed E-state index contributed by atoms with van der Waals surface area (Å²) in [5.74, 6) is 1.47. The molecule has 1 N–H and O–H groups in total. The Morgan fingerprint density at radius 3 is 2.57 bits per heavy atom. The monoisotopic (exact) mass is 283 g/mol. The van der Waals surface area contributed by atoms with Gasteiger partial charge in [0.15, 0.2) is 0 Å². The fourth-order valence-corrected chi connectivity index (χ4v) is 3.88. The van der Waals surface area contributed by atoms with E-state index in [9.17, 15) is 4.79 Å². The number of nitrogens with one attached hydrogen (secondary N) is 1. The highest BCUT2D eigenvalue weighted by Gasteiger charge is 2.52. The second-order valence-electron chi connectivity index (χ2n) is 6.74. The number of fused-ring (bicyclic) bond motifs is 1. The van der Waals surface area contributed by atoms with Gasteiger partial charge in [0.25, 0.3) is 0 Å². The van der Waals surface area contributed by atoms with Crippen molar-refractivity contribution in [2.45, 2.75) is 46.5 Å². The van der Waals surface area contributed by atoms with Crippen LogP contribution in [-0.2, 0) is 4.79 Å². The van der Waals surface area contributed by atoms with Crippen LogP contribution in [0.25, 0.3) is 0 Å². The van der Waals surface area contributed by atoms with Gasteiger partial charge in [0.2, 0.25) is 5.91 Å². The number of allylic oxidation sites excluding steroid dienone is 2. The smallest absolute Gasteiger partial charge is 0.228 e. The number of carbonyl (C=O) groups is 1. The van der Waals surface area contributed by atoms with Crippen LogP contribution in [0, 0.1) is 38.5 Å². The van der Waals surface area contributed by atoms with Crippen LogP contribution in [0.2, 0.25) is 0 Å². The molecule has 0 bridgehead atoms. The maximum Gasteiger partial charge on any atom is 0.228 e. The lowest BCUT2D eigenvalue weighted by Crippen LogP contribution is -2.17. The largest absolute Gasteiger partial charge is 0.325 e. The molecule has 0 unspecified atom stereocenters. The van der Waals surface area contributed by atoms with E-state index in [2.05, 4.69) is 50.4 Å². The van der Waals surface area contributed by atoms with E-state index in [0.717, 1.165) is 16.8 Å². The van der Waals surface area contributed by atoms with Crippen LogP contribution in [-0.4, -0.2) is 5.91 Å². The zero-order chi connectivity index (χ0) is 15.0. The van der Waals surface area contributed by atoms with Gasteiger partial charge < -0.3 is 5.32 Å². The first kappa shape index (κ1) is 14.4. The Morgan fingerprint density at radius 1 is 1.14 bits per heavy atom. The number of amides is 1. The zero-order valence-corrected chi connectivity index (χ0v) is 13.3. The summed E-state index contributed by atoms with van der Waals surface area (Å²) < 4.78 is 0. The van der Waals surface area contributed by atoms with E-state index in [-0.39, 0.29) is 11.8 Å². The second-order valence-corrected chi connectivity index (χ2v) is 6.74. The van der Waals surface area contributed by atoms with Crippen LogP contribution in [0.1, 0.15) is 42.4 Å². The van der Waals surface area contributed by atoms with Gasteiger partial charge in [-0.2, -0.15) is 0 Å². The maximum atomic E-state index is 12.6. The lowest BCUT2D eigenvalue weighted by Gasteiger charge is -2.13. The minimum atomic E-state index is 0.194. The maximum absolute atomic E-state index is 12.6. The molecule has 3 atom stereocenters. The van der Waals surface area contributed by atoms with Crippen molar-refractivity contribution in [1.82, 2.24) is 0 Å². The summed E-state index contributed by atoms with van der Waals surface area (Å²) in [7, 11) is 0. The summed E-state index contributed by atoms with van der Waals surface area (Å²) in [5, 5.41) is 3.19. The number of anilines is 1. The van der Waals surface area contributed by atoms with Crippen molar-refractivity contribution in [3.05, 3.63) is 41.0 Å². The molecule has 3 rings (SSSR count). The Bertz CT molecular complexity index is 564. The summed E-state index contributed by atoms with van der Waals surface area (Å²) in [6.07, 6.45) is 9.46. The summed E-state index contributed by atoms with van der Waals surface area (Å²) in [6.45, 7) is 6.25. The van der Waals surface area contributed by atoms with Crippen molar-refractivity contribution in [3.63, 3.8) is 0 Å². The molecule has 1 fully saturated rings. The topological polar surface area (TPSA) is 29.1 Å². The third kappa shape index (κ3) is 2.90. The van der Waals surface area contributed by atoms with E-state index in [0.29, 0.717) is 11.8 Å². The number of hydrogen-bond donors (Lipinski definition) is 1. The van der Waals surface area contributed by atoms with Gasteiger partial charge in [0, 0.05) is 11.6 Å². The highest BCUT2D eigenvalue weighted by molar-refractivity contribution is 5.96. The van der Waals surface area contributed by atoms with E-state index >= 15 is 0 Å². The standard InChI is InChI=1S/C19H25NO/c1-12-10-13(2)18(14(3)11-12)20-19(21)17-15-8-6-4-5-7-9-16(15)17/h6,8,10-11,15-17H,4-5,7,9H2,1-3H3,(H,20,21)/t15-,16+,17+/m1/s1. The summed E-state index contributed by atoms with van der Waals surface area (Å²) >= 11 is 0. The molecule has 1 saturated carbocycles. The van der Waals surface area contributed by atoms with Crippen molar-refractivity contribution in [2.24, 2.45) is 17.8 Å². The Labute approximate surface area is 127 Å². The first-order chi connectivity index (χ1) is 10.1. The van der Waals surface area contributed by atoms with Crippen LogP contribution >= 0.6 is 0 Å². The van der Waals surface area contributed by atoms with Crippen molar-refractivity contribution in [1.29, 1.82) is 0 Å². The Balaban J connectivity index is 1.73. The van der Waals surface area contributed by atoms with Crippen LogP contribution < -0.4 is 5.32 Å². The Hall–Kier alpha value is -1.57. The van der Waals surface area contributed by atoms with E-state index in [1.54, 1.807) is 0 Å². The van der Waals surface area contributed by atoms with Gasteiger partial charge in [-0.05, 0) is 63.0 Å². The van der Waals surface area contributed by atoms with Crippen LogP contribution in [0.5, 0.6) is 0 Å². The molecule has 2 aliphatic carbocycles. The highest BCUT2D eigenvalue weighted by Crippen LogP contribution is 2.52. The van der Waals surface area contributed by atoms with Gasteiger partial charge in [0.05, 0.1) is 0 Å². The first-order valence-electron chi connectivity index (χ1n) is 8.13. The molecule has 2 aliphatic rings. The van der Waals surface area contributed by atoms with Gasteiger partial charge in [-0.15, -0.1) is 0 Å². The van der Waals surface area contributed by atoms with Crippen LogP contribution in [0.15, 0.2) is 24.3 Å². The van der Waals surface area contributed by atoms with Crippen LogP contribution in [0.3, 0.4) is 0 Å². The number of carbonyl (C=O) groups excluding carboxylic acids is 1. The van der Waals surface area contributed by atoms with Gasteiger partial charge in [-0.3, -0.25) is 4.79 Å². The van der Waals surface area contributed by atoms with Crippen molar-refractivity contribution in [2.75, 3.05) is 5.32 Å². The molecule has 0 aliphatic heterocycles. The van der Waals surface area contributed by atoms with Gasteiger partial charge >= 0.3 is 0 Å². The fourth-order valence-electron chi connectivity index (χ4n) is 3.88. The number of hydrogen-bond acceptors (Lipinski definition) is 1. The Morgan fingerprint density at radius 2 is 1.86 bits per heavy atom. The van der Waals surface area contributed by atoms with E-state index in [1.807, 2.05) is 0 Å². The lowest BCUT2D eigenvalue weighted by atomic mass is 10.0. The van der Waals surface area contributed by atoms with Gasteiger partial charge in [-0.1, -0.05) is 36.3 Å². The van der Waals surface area contributed by atoms with Crippen molar-refractivity contribution in [3.8, 4) is 0 Å². The summed E-state index contributed by atoms with van der Waals surface area (Å²) in [5.41, 5.74) is 4.58. The number of rotatable bonds is 2. The molecule has 112 valence electrons. The normalized spacial score (nSPS) is 27.5. The molecule has 1 aromatic carbocycles. The van der Waals surface area contributed by atoms with E-state index < -0.39 is 0 Å².